The third kappa shape index (κ3) is 3.14. The quantitative estimate of drug-likeness (QED) is 0.662. The fourth-order valence-corrected chi connectivity index (χ4v) is 3.40. The van der Waals surface area contributed by atoms with Crippen LogP contribution < -0.4 is 10.2 Å². The van der Waals surface area contributed by atoms with Crippen molar-refractivity contribution in [3.63, 3.8) is 0 Å². The van der Waals surface area contributed by atoms with Crippen LogP contribution >= 0.6 is 38.5 Å². The molecule has 1 aliphatic heterocycles. The van der Waals surface area contributed by atoms with Crippen molar-refractivity contribution in [2.24, 2.45) is 0 Å². The first-order chi connectivity index (χ1) is 10.2. The van der Waals surface area contributed by atoms with Crippen LogP contribution in [-0.2, 0) is 6.54 Å². The van der Waals surface area contributed by atoms with Gasteiger partial charge in [0.1, 0.15) is 0 Å². The van der Waals surface area contributed by atoms with E-state index in [1.807, 2.05) is 41.3 Å². The van der Waals surface area contributed by atoms with Crippen LogP contribution in [0, 0.1) is 3.57 Å². The molecule has 3 rings (SSSR count). The minimum atomic E-state index is 0.0526. The minimum absolute atomic E-state index is 0.0526. The van der Waals surface area contributed by atoms with Crippen molar-refractivity contribution in [2.45, 2.75) is 6.54 Å². The van der Waals surface area contributed by atoms with E-state index >= 15 is 0 Å². The van der Waals surface area contributed by atoms with E-state index in [1.165, 1.54) is 0 Å². The zero-order valence-electron chi connectivity index (χ0n) is 11.3. The van der Waals surface area contributed by atoms with Gasteiger partial charge in [-0.25, -0.2) is 0 Å². The van der Waals surface area contributed by atoms with Gasteiger partial charge in [-0.3, -0.25) is 4.79 Å². The number of halogens is 2. The van der Waals surface area contributed by atoms with Crippen molar-refractivity contribution in [1.82, 2.24) is 5.32 Å². The third-order valence-electron chi connectivity index (χ3n) is 3.51. The second-order valence-corrected chi connectivity index (χ2v) is 6.96. The fourth-order valence-electron chi connectivity index (χ4n) is 2.48. The highest BCUT2D eigenvalue weighted by Crippen LogP contribution is 2.26. The number of carbonyl (C=O) groups is 1. The van der Waals surface area contributed by atoms with E-state index in [1.54, 1.807) is 0 Å². The Morgan fingerprint density at radius 1 is 1.24 bits per heavy atom. The van der Waals surface area contributed by atoms with Gasteiger partial charge in [-0.05, 0) is 52.4 Å². The van der Waals surface area contributed by atoms with Crippen LogP contribution in [-0.4, -0.2) is 19.0 Å². The van der Waals surface area contributed by atoms with Crippen molar-refractivity contribution in [3.05, 3.63) is 61.6 Å². The molecule has 0 unspecified atom stereocenters. The van der Waals surface area contributed by atoms with Crippen LogP contribution in [0.1, 0.15) is 15.9 Å². The van der Waals surface area contributed by atoms with Crippen LogP contribution in [0.3, 0.4) is 0 Å². The summed E-state index contributed by atoms with van der Waals surface area (Å²) in [5, 5.41) is 3.36. The van der Waals surface area contributed by atoms with E-state index in [0.717, 1.165) is 37.9 Å². The smallest absolute Gasteiger partial charge is 0.259 e. The first-order valence-electron chi connectivity index (χ1n) is 6.72. The fraction of sp³-hybridized carbons (Fsp3) is 0.188. The Kier molecular flexibility index (Phi) is 4.61. The average molecular weight is 457 g/mol. The first kappa shape index (κ1) is 15.0. The van der Waals surface area contributed by atoms with Gasteiger partial charge in [-0.2, -0.15) is 0 Å². The SMILES string of the molecule is O=C(c1cc(Br)ccc1I)N1CCNCc2ccccc21. The van der Waals surface area contributed by atoms with E-state index in [9.17, 15) is 4.79 Å². The Morgan fingerprint density at radius 2 is 2.05 bits per heavy atom. The van der Waals surface area contributed by atoms with E-state index in [4.69, 9.17) is 0 Å². The Morgan fingerprint density at radius 3 is 2.90 bits per heavy atom. The van der Waals surface area contributed by atoms with Gasteiger partial charge in [-0.1, -0.05) is 34.1 Å². The molecule has 0 fully saturated rings. The summed E-state index contributed by atoms with van der Waals surface area (Å²) in [4.78, 5) is 14.8. The molecule has 0 bridgehead atoms. The molecular formula is C16H14BrIN2O. The molecule has 3 nitrogen and oxygen atoms in total. The van der Waals surface area contributed by atoms with Crippen LogP contribution in [0.4, 0.5) is 5.69 Å². The molecule has 108 valence electrons. The minimum Gasteiger partial charge on any atom is -0.311 e. The maximum absolute atomic E-state index is 13.0. The number of hydrogen-bond donors (Lipinski definition) is 1. The Bertz CT molecular complexity index is 690. The molecule has 0 atom stereocenters. The molecule has 2 aromatic rings. The lowest BCUT2D eigenvalue weighted by Crippen LogP contribution is -2.35. The van der Waals surface area contributed by atoms with Crippen LogP contribution in [0.2, 0.25) is 0 Å². The van der Waals surface area contributed by atoms with Gasteiger partial charge in [0.25, 0.3) is 5.91 Å². The highest BCUT2D eigenvalue weighted by atomic mass is 127. The predicted octanol–water partition coefficient (Wildman–Crippen LogP) is 3.80. The molecule has 0 saturated heterocycles. The van der Waals surface area contributed by atoms with Gasteiger partial charge in [0.05, 0.1) is 5.56 Å². The molecule has 0 aliphatic carbocycles. The van der Waals surface area contributed by atoms with Crippen LogP contribution in [0.25, 0.3) is 0 Å². The van der Waals surface area contributed by atoms with Gasteiger partial charge in [0.15, 0.2) is 0 Å². The molecule has 1 heterocycles. The summed E-state index contributed by atoms with van der Waals surface area (Å²) in [6, 6.07) is 13.9. The number of fused-ring (bicyclic) bond motifs is 1. The van der Waals surface area contributed by atoms with Gasteiger partial charge < -0.3 is 10.2 Å². The third-order valence-corrected chi connectivity index (χ3v) is 4.95. The monoisotopic (exact) mass is 456 g/mol. The van der Waals surface area contributed by atoms with E-state index in [-0.39, 0.29) is 5.91 Å². The van der Waals surface area contributed by atoms with Crippen molar-refractivity contribution in [1.29, 1.82) is 0 Å². The number of nitrogens with zero attached hydrogens (tertiary/aromatic N) is 1. The highest BCUT2D eigenvalue weighted by molar-refractivity contribution is 14.1. The van der Waals surface area contributed by atoms with Crippen molar-refractivity contribution < 1.29 is 4.79 Å². The number of rotatable bonds is 1. The Balaban J connectivity index is 2.03. The zero-order chi connectivity index (χ0) is 14.8. The maximum atomic E-state index is 13.0. The summed E-state index contributed by atoms with van der Waals surface area (Å²) in [7, 11) is 0. The lowest BCUT2D eigenvalue weighted by molar-refractivity contribution is 0.0986. The van der Waals surface area contributed by atoms with Crippen molar-refractivity contribution >= 4 is 50.1 Å². The number of anilines is 1. The molecule has 0 spiro atoms. The van der Waals surface area contributed by atoms with E-state index in [0.29, 0.717) is 6.54 Å². The van der Waals surface area contributed by atoms with Crippen LogP contribution in [0.5, 0.6) is 0 Å². The van der Waals surface area contributed by atoms with Crippen molar-refractivity contribution in [3.8, 4) is 0 Å². The normalized spacial score (nSPS) is 14.5. The second-order valence-electron chi connectivity index (χ2n) is 4.89. The number of benzene rings is 2. The number of para-hydroxylation sites is 1. The summed E-state index contributed by atoms with van der Waals surface area (Å²) in [5.41, 5.74) is 2.90. The summed E-state index contributed by atoms with van der Waals surface area (Å²) in [5.74, 6) is 0.0526. The summed E-state index contributed by atoms with van der Waals surface area (Å²) < 4.78 is 1.89. The lowest BCUT2D eigenvalue weighted by atomic mass is 10.1. The largest absolute Gasteiger partial charge is 0.311 e. The van der Waals surface area contributed by atoms with Gasteiger partial charge in [0, 0.05) is 33.4 Å². The van der Waals surface area contributed by atoms with Gasteiger partial charge in [0.2, 0.25) is 0 Å². The number of amides is 1. The molecule has 2 aromatic carbocycles. The molecule has 0 aromatic heterocycles. The first-order valence-corrected chi connectivity index (χ1v) is 8.59. The zero-order valence-corrected chi connectivity index (χ0v) is 15.0. The number of carbonyl (C=O) groups excluding carboxylic acids is 1. The molecular weight excluding hydrogens is 443 g/mol. The molecule has 21 heavy (non-hydrogen) atoms. The van der Waals surface area contributed by atoms with Crippen molar-refractivity contribution in [2.75, 3.05) is 18.0 Å². The summed E-state index contributed by atoms with van der Waals surface area (Å²) in [6.45, 7) is 2.28. The highest BCUT2D eigenvalue weighted by Gasteiger charge is 2.23. The van der Waals surface area contributed by atoms with E-state index < -0.39 is 0 Å². The Hall–Kier alpha value is -0.920. The molecule has 1 N–H and O–H groups in total. The molecule has 1 aliphatic rings. The summed E-state index contributed by atoms with van der Waals surface area (Å²) >= 11 is 5.66. The van der Waals surface area contributed by atoms with Gasteiger partial charge in [-0.15, -0.1) is 0 Å². The summed E-state index contributed by atoms with van der Waals surface area (Å²) in [6.07, 6.45) is 0. The predicted molar refractivity (Wildman–Crippen MR) is 96.7 cm³/mol. The second kappa shape index (κ2) is 6.46. The molecule has 1 amide bonds. The van der Waals surface area contributed by atoms with E-state index in [2.05, 4.69) is 49.9 Å². The standard InChI is InChI=1S/C16H14BrIN2O/c17-12-5-6-14(18)13(9-12)16(21)20-8-7-19-10-11-3-1-2-4-15(11)20/h1-6,9,19H,7-8,10H2. The number of nitrogens with one attached hydrogen (secondary N) is 1. The molecule has 0 radical (unpaired) electrons. The molecule has 5 heteroatoms. The number of hydrogen-bond acceptors (Lipinski definition) is 2. The maximum Gasteiger partial charge on any atom is 0.259 e. The molecule has 0 saturated carbocycles. The van der Waals surface area contributed by atoms with Crippen LogP contribution in [0.15, 0.2) is 46.9 Å². The van der Waals surface area contributed by atoms with Gasteiger partial charge >= 0.3 is 0 Å². The Labute approximate surface area is 146 Å². The lowest BCUT2D eigenvalue weighted by Gasteiger charge is -2.23. The average Bonchev–Trinajstić information content (AvgIpc) is 2.71. The topological polar surface area (TPSA) is 32.3 Å².